The molecule has 0 radical (unpaired) electrons. The van der Waals surface area contributed by atoms with Gasteiger partial charge in [-0.05, 0) is 128 Å². The number of benzene rings is 2. The van der Waals surface area contributed by atoms with Crippen molar-refractivity contribution >= 4 is 23.2 Å². The van der Waals surface area contributed by atoms with Crippen LogP contribution in [0.2, 0.25) is 5.02 Å². The predicted octanol–water partition coefficient (Wildman–Crippen LogP) is 7.93. The fourth-order valence-electron chi connectivity index (χ4n) is 8.92. The Morgan fingerprint density at radius 2 is 1.91 bits per heavy atom. The Morgan fingerprint density at radius 1 is 1.13 bits per heavy atom. The van der Waals surface area contributed by atoms with Crippen LogP contribution in [0.1, 0.15) is 87.1 Å². The van der Waals surface area contributed by atoms with Crippen molar-refractivity contribution in [1.29, 1.82) is 0 Å². The maximum atomic E-state index is 13.9. The van der Waals surface area contributed by atoms with Crippen LogP contribution in [0.4, 0.5) is 5.69 Å². The summed E-state index contributed by atoms with van der Waals surface area (Å²) in [5.74, 6) is 4.07. The average molecular weight is 644 g/mol. The van der Waals surface area contributed by atoms with Gasteiger partial charge in [-0.1, -0.05) is 31.5 Å². The molecule has 1 amide bonds. The van der Waals surface area contributed by atoms with E-state index < -0.39 is 5.54 Å². The number of pyridine rings is 1. The standard InChI is InChI=1S/C38H46ClN3O4/c1-24(22-44-32-11-16-40-31-10-5-7-25(2)35(31)32)17-27-18-26-19-33-34(46-23-45-33)21-30(26)37(27)12-14-38(15-13-37,36(43)42(3)4)41-29-9-6-8-28(39)20-29/h6,8-9,11,16,19-21,24-25,27,41H,5,7,10,12-15,17-18,22-23H2,1-4H3/t24-,25-,27?,37?,38?/m1/s1. The van der Waals surface area contributed by atoms with E-state index in [0.717, 1.165) is 67.9 Å². The minimum absolute atomic E-state index is 0.0545. The van der Waals surface area contributed by atoms with Gasteiger partial charge in [0.15, 0.2) is 11.5 Å². The molecule has 1 N–H and O–H groups in total. The van der Waals surface area contributed by atoms with Crippen molar-refractivity contribution in [1.82, 2.24) is 9.88 Å². The lowest BCUT2D eigenvalue weighted by atomic mass is 9.59. The Kier molecular flexibility index (Phi) is 8.33. The second kappa shape index (κ2) is 12.3. The summed E-state index contributed by atoms with van der Waals surface area (Å²) in [5.41, 5.74) is 5.37. The first-order valence-electron chi connectivity index (χ1n) is 17.0. The second-order valence-corrected chi connectivity index (χ2v) is 14.9. The van der Waals surface area contributed by atoms with Gasteiger partial charge in [0.25, 0.3) is 0 Å². The first kappa shape index (κ1) is 31.2. The highest BCUT2D eigenvalue weighted by Crippen LogP contribution is 2.58. The second-order valence-electron chi connectivity index (χ2n) is 14.5. The lowest BCUT2D eigenvalue weighted by Crippen LogP contribution is -2.56. The third-order valence-corrected chi connectivity index (χ3v) is 11.4. The number of hydrogen-bond acceptors (Lipinski definition) is 6. The van der Waals surface area contributed by atoms with Gasteiger partial charge < -0.3 is 24.4 Å². The van der Waals surface area contributed by atoms with Crippen LogP contribution in [0.5, 0.6) is 17.2 Å². The minimum Gasteiger partial charge on any atom is -0.493 e. The van der Waals surface area contributed by atoms with E-state index in [0.29, 0.717) is 29.4 Å². The molecule has 46 heavy (non-hydrogen) atoms. The van der Waals surface area contributed by atoms with Gasteiger partial charge in [0.1, 0.15) is 11.3 Å². The first-order chi connectivity index (χ1) is 22.2. The summed E-state index contributed by atoms with van der Waals surface area (Å²) in [6.07, 6.45) is 10.6. The Bertz CT molecular complexity index is 1620. The number of likely N-dealkylation sites (N-methyl/N-ethyl adjacent to an activating group) is 1. The highest BCUT2D eigenvalue weighted by molar-refractivity contribution is 6.30. The summed E-state index contributed by atoms with van der Waals surface area (Å²) in [5, 5.41) is 4.32. The van der Waals surface area contributed by atoms with Gasteiger partial charge in [-0.15, -0.1) is 0 Å². The number of hydrogen-bond donors (Lipinski definition) is 1. The van der Waals surface area contributed by atoms with Crippen LogP contribution in [0.25, 0.3) is 0 Å². The molecule has 1 spiro atoms. The lowest BCUT2D eigenvalue weighted by molar-refractivity contribution is -0.135. The van der Waals surface area contributed by atoms with Crippen molar-refractivity contribution < 1.29 is 19.0 Å². The van der Waals surface area contributed by atoms with Crippen LogP contribution in [0, 0.1) is 11.8 Å². The van der Waals surface area contributed by atoms with E-state index in [9.17, 15) is 4.79 Å². The summed E-state index contributed by atoms with van der Waals surface area (Å²) in [6.45, 7) is 5.56. The molecule has 0 saturated heterocycles. The SMILES string of the molecule is C[C@@H](COc1ccnc2c1[C@H](C)CCC2)CC1Cc2cc3c(cc2C12CCC(Nc1cccc(Cl)c1)(C(=O)N(C)C)CC2)OCO3. The zero-order valence-electron chi connectivity index (χ0n) is 27.5. The van der Waals surface area contributed by atoms with Gasteiger partial charge >= 0.3 is 0 Å². The molecule has 2 aromatic carbocycles. The van der Waals surface area contributed by atoms with Gasteiger partial charge in [0.2, 0.25) is 12.7 Å². The molecule has 3 aromatic rings. The van der Waals surface area contributed by atoms with Crippen molar-refractivity contribution in [2.75, 3.05) is 32.8 Å². The average Bonchev–Trinajstić information content (AvgIpc) is 3.61. The quantitative estimate of drug-likeness (QED) is 0.269. The number of nitrogens with zero attached hydrogens (tertiary/aromatic N) is 2. The monoisotopic (exact) mass is 643 g/mol. The Hall–Kier alpha value is -3.45. The summed E-state index contributed by atoms with van der Waals surface area (Å²) in [7, 11) is 3.70. The maximum absolute atomic E-state index is 13.9. The van der Waals surface area contributed by atoms with Gasteiger partial charge in [-0.25, -0.2) is 0 Å². The Morgan fingerprint density at radius 3 is 2.67 bits per heavy atom. The topological polar surface area (TPSA) is 72.9 Å². The van der Waals surface area contributed by atoms with Crippen LogP contribution >= 0.6 is 11.6 Å². The van der Waals surface area contributed by atoms with E-state index >= 15 is 0 Å². The van der Waals surface area contributed by atoms with Crippen molar-refractivity contribution in [2.24, 2.45) is 11.8 Å². The highest BCUT2D eigenvalue weighted by Gasteiger charge is 2.54. The third-order valence-electron chi connectivity index (χ3n) is 11.2. The molecule has 1 unspecified atom stereocenters. The molecule has 2 heterocycles. The van der Waals surface area contributed by atoms with Gasteiger partial charge in [-0.2, -0.15) is 0 Å². The van der Waals surface area contributed by atoms with Crippen molar-refractivity contribution in [3.63, 3.8) is 0 Å². The molecule has 4 aliphatic rings. The van der Waals surface area contributed by atoms with E-state index in [4.69, 9.17) is 25.8 Å². The number of amides is 1. The summed E-state index contributed by atoms with van der Waals surface area (Å²) >= 11 is 6.35. The number of ether oxygens (including phenoxy) is 3. The van der Waals surface area contributed by atoms with Crippen LogP contribution in [-0.4, -0.2) is 48.8 Å². The molecule has 0 bridgehead atoms. The van der Waals surface area contributed by atoms with Gasteiger partial charge in [-0.3, -0.25) is 9.78 Å². The molecule has 3 aliphatic carbocycles. The van der Waals surface area contributed by atoms with Crippen LogP contribution in [-0.2, 0) is 23.1 Å². The molecular formula is C38H46ClN3O4. The Labute approximate surface area is 278 Å². The Balaban J connectivity index is 1.15. The van der Waals surface area contributed by atoms with E-state index in [1.807, 2.05) is 44.6 Å². The molecule has 7 nitrogen and oxygen atoms in total. The largest absolute Gasteiger partial charge is 0.493 e. The first-order valence-corrected chi connectivity index (χ1v) is 17.3. The van der Waals surface area contributed by atoms with E-state index in [1.165, 1.54) is 35.2 Å². The van der Waals surface area contributed by atoms with Crippen LogP contribution < -0.4 is 19.5 Å². The number of fused-ring (bicyclic) bond motifs is 4. The summed E-state index contributed by atoms with van der Waals surface area (Å²) < 4.78 is 18.3. The van der Waals surface area contributed by atoms with E-state index in [-0.39, 0.29) is 18.1 Å². The van der Waals surface area contributed by atoms with Crippen molar-refractivity contribution in [3.05, 3.63) is 76.1 Å². The number of carbonyl (C=O) groups excluding carboxylic acids is 1. The fraction of sp³-hybridized carbons (Fsp3) is 0.526. The van der Waals surface area contributed by atoms with Gasteiger partial charge in [0.05, 0.1) is 6.61 Å². The number of aromatic nitrogens is 1. The molecule has 1 aromatic heterocycles. The molecule has 7 rings (SSSR count). The zero-order chi connectivity index (χ0) is 32.1. The molecule has 1 fully saturated rings. The number of nitrogens with one attached hydrogen (secondary N) is 1. The van der Waals surface area contributed by atoms with Crippen molar-refractivity contribution in [2.45, 2.75) is 88.5 Å². The summed E-state index contributed by atoms with van der Waals surface area (Å²) in [4.78, 5) is 20.3. The fourth-order valence-corrected chi connectivity index (χ4v) is 9.11. The smallest absolute Gasteiger partial charge is 0.247 e. The number of aryl methyl sites for hydroxylation is 1. The predicted molar refractivity (Wildman–Crippen MR) is 181 cm³/mol. The number of halogens is 1. The minimum atomic E-state index is -0.699. The van der Waals surface area contributed by atoms with Crippen LogP contribution in [0.15, 0.2) is 48.7 Å². The van der Waals surface area contributed by atoms with Crippen molar-refractivity contribution in [3.8, 4) is 17.2 Å². The summed E-state index contributed by atoms with van der Waals surface area (Å²) in [6, 6.07) is 14.2. The number of carbonyl (C=O) groups is 1. The molecule has 244 valence electrons. The number of rotatable bonds is 8. The lowest BCUT2D eigenvalue weighted by Gasteiger charge is -2.49. The molecule has 1 aliphatic heterocycles. The van der Waals surface area contributed by atoms with E-state index in [2.05, 4.69) is 42.3 Å². The number of anilines is 1. The molecular weight excluding hydrogens is 598 g/mol. The molecule has 8 heteroatoms. The van der Waals surface area contributed by atoms with Gasteiger partial charge in [0, 0.05) is 42.3 Å². The van der Waals surface area contributed by atoms with Crippen LogP contribution in [0.3, 0.4) is 0 Å². The molecule has 3 atom stereocenters. The normalized spacial score (nSPS) is 26.7. The maximum Gasteiger partial charge on any atom is 0.247 e. The highest BCUT2D eigenvalue weighted by atomic mass is 35.5. The molecule has 1 saturated carbocycles. The third kappa shape index (κ3) is 5.59. The van der Waals surface area contributed by atoms with E-state index in [1.54, 1.807) is 4.90 Å². The zero-order valence-corrected chi connectivity index (χ0v) is 28.3.